The molecule has 3 unspecified atom stereocenters. The number of unbranched alkanes of at least 4 members (excludes halogenated alkanes) is 1. The second-order valence-electron chi connectivity index (χ2n) is 9.14. The number of carbonyl (C=O) groups excluding carboxylic acids is 2. The van der Waals surface area contributed by atoms with Gasteiger partial charge in [-0.2, -0.15) is 0 Å². The van der Waals surface area contributed by atoms with Gasteiger partial charge in [-0.3, -0.25) is 9.59 Å². The van der Waals surface area contributed by atoms with Gasteiger partial charge in [0.1, 0.15) is 18.0 Å². The Morgan fingerprint density at radius 3 is 2.62 bits per heavy atom. The van der Waals surface area contributed by atoms with Crippen molar-refractivity contribution in [1.82, 2.24) is 10.2 Å². The van der Waals surface area contributed by atoms with Gasteiger partial charge in [0.25, 0.3) is 0 Å². The number of carbonyl (C=O) groups is 2. The topological polar surface area (TPSA) is 99.1 Å². The highest BCUT2D eigenvalue weighted by molar-refractivity contribution is 14.1. The molecule has 0 aliphatic heterocycles. The van der Waals surface area contributed by atoms with Crippen molar-refractivity contribution in [1.29, 1.82) is 0 Å². The van der Waals surface area contributed by atoms with E-state index < -0.39 is 18.2 Å². The summed E-state index contributed by atoms with van der Waals surface area (Å²) in [4.78, 5) is 28.2. The summed E-state index contributed by atoms with van der Waals surface area (Å²) in [7, 11) is 0. The van der Waals surface area contributed by atoms with Crippen molar-refractivity contribution in [2.24, 2.45) is 0 Å². The number of hydrogen-bond donors (Lipinski definition) is 3. The first kappa shape index (κ1) is 26.9. The average Bonchev–Trinajstić information content (AvgIpc) is 2.85. The minimum absolute atomic E-state index is 0.0443. The van der Waals surface area contributed by atoms with Crippen LogP contribution in [-0.4, -0.2) is 64.4 Å². The van der Waals surface area contributed by atoms with Gasteiger partial charge in [-0.25, -0.2) is 0 Å². The first-order chi connectivity index (χ1) is 16.5. The van der Waals surface area contributed by atoms with Crippen LogP contribution in [0.3, 0.4) is 0 Å². The Bertz CT molecular complexity index is 855. The quantitative estimate of drug-likeness (QED) is 0.366. The van der Waals surface area contributed by atoms with Gasteiger partial charge in [0.05, 0.1) is 16.2 Å². The summed E-state index contributed by atoms with van der Waals surface area (Å²) in [5, 5.41) is 23.4. The van der Waals surface area contributed by atoms with E-state index >= 15 is 0 Å². The molecule has 3 atom stereocenters. The summed E-state index contributed by atoms with van der Waals surface area (Å²) in [6.07, 6.45) is 7.48. The molecule has 3 rings (SSSR count). The van der Waals surface area contributed by atoms with Crippen molar-refractivity contribution in [2.45, 2.75) is 89.0 Å². The Morgan fingerprint density at radius 1 is 1.21 bits per heavy atom. The number of para-hydroxylation sites is 1. The number of hydrogen-bond acceptors (Lipinski definition) is 5. The van der Waals surface area contributed by atoms with Gasteiger partial charge in [0.15, 0.2) is 0 Å². The molecule has 0 aromatic heterocycles. The third kappa shape index (κ3) is 6.95. The lowest BCUT2D eigenvalue weighted by molar-refractivity contribution is -0.143. The molecule has 2 aliphatic rings. The van der Waals surface area contributed by atoms with Gasteiger partial charge in [-0.05, 0) is 60.1 Å². The normalized spacial score (nSPS) is 23.2. The van der Waals surface area contributed by atoms with Crippen LogP contribution in [0.25, 0.3) is 0 Å². The van der Waals surface area contributed by atoms with Crippen LogP contribution in [-0.2, 0) is 9.59 Å². The van der Waals surface area contributed by atoms with Crippen molar-refractivity contribution >= 4 is 34.4 Å². The Labute approximate surface area is 216 Å². The maximum atomic E-state index is 13.4. The summed E-state index contributed by atoms with van der Waals surface area (Å²) >= 11 is 2.18. The maximum absolute atomic E-state index is 13.4. The molecule has 188 valence electrons. The molecular weight excluding hydrogens is 547 g/mol. The molecule has 1 aromatic rings. The minimum atomic E-state index is -0.960. The number of aliphatic hydroxyl groups is 2. The van der Waals surface area contributed by atoms with Crippen LogP contribution >= 0.6 is 22.6 Å². The summed E-state index contributed by atoms with van der Waals surface area (Å²) in [5.41, 5.74) is 0.476. The summed E-state index contributed by atoms with van der Waals surface area (Å²) < 4.78 is 7.11. The van der Waals surface area contributed by atoms with E-state index in [1.807, 2.05) is 29.2 Å². The van der Waals surface area contributed by atoms with Crippen LogP contribution in [0.2, 0.25) is 0 Å². The predicted molar refractivity (Wildman–Crippen MR) is 139 cm³/mol. The number of amides is 2. The van der Waals surface area contributed by atoms with Crippen LogP contribution in [0.5, 0.6) is 5.75 Å². The number of benzene rings is 1. The number of rotatable bonds is 10. The average molecular weight is 584 g/mol. The van der Waals surface area contributed by atoms with Crippen molar-refractivity contribution in [2.75, 3.05) is 13.2 Å². The van der Waals surface area contributed by atoms with Crippen LogP contribution in [0, 0.1) is 3.57 Å². The first-order valence-corrected chi connectivity index (χ1v) is 13.5. The molecule has 0 radical (unpaired) electrons. The fourth-order valence-corrected chi connectivity index (χ4v) is 5.43. The largest absolute Gasteiger partial charge is 0.482 e. The van der Waals surface area contributed by atoms with E-state index in [0.717, 1.165) is 48.5 Å². The Hall–Kier alpha value is -1.65. The molecule has 1 aromatic carbocycles. The molecule has 1 saturated carbocycles. The zero-order chi connectivity index (χ0) is 24.5. The maximum Gasteiger partial charge on any atom is 0.247 e. The molecule has 2 aliphatic carbocycles. The molecule has 3 N–H and O–H groups in total. The van der Waals surface area contributed by atoms with Gasteiger partial charge in [0, 0.05) is 31.0 Å². The summed E-state index contributed by atoms with van der Waals surface area (Å²) in [6, 6.07) is 7.06. The smallest absolute Gasteiger partial charge is 0.247 e. The molecule has 7 nitrogen and oxygen atoms in total. The number of halogens is 1. The lowest BCUT2D eigenvalue weighted by atomic mass is 9.85. The molecule has 8 heteroatoms. The van der Waals surface area contributed by atoms with Crippen molar-refractivity contribution in [3.8, 4) is 5.75 Å². The SMILES string of the molecule is CCCCC(=O)N(C1CCCCC1)C1CC(C(=O)NCCO)=CC(Oc2ccccc2I)C1O. The molecule has 0 spiro atoms. The highest BCUT2D eigenvalue weighted by Gasteiger charge is 2.42. The Kier molecular flexibility index (Phi) is 10.7. The Balaban J connectivity index is 1.94. The zero-order valence-corrected chi connectivity index (χ0v) is 22.1. The van der Waals surface area contributed by atoms with Crippen LogP contribution in [0.1, 0.15) is 64.7 Å². The third-order valence-electron chi connectivity index (χ3n) is 6.67. The first-order valence-electron chi connectivity index (χ1n) is 12.5. The lowest BCUT2D eigenvalue weighted by Crippen LogP contribution is -2.58. The van der Waals surface area contributed by atoms with Crippen LogP contribution in [0.4, 0.5) is 0 Å². The minimum Gasteiger partial charge on any atom is -0.482 e. The number of nitrogens with zero attached hydrogens (tertiary/aromatic N) is 1. The van der Waals surface area contributed by atoms with Gasteiger partial charge >= 0.3 is 0 Å². The third-order valence-corrected chi connectivity index (χ3v) is 7.56. The molecular formula is C26H37IN2O5. The molecule has 0 bridgehead atoms. The van der Waals surface area contributed by atoms with Crippen LogP contribution in [0.15, 0.2) is 35.9 Å². The second-order valence-corrected chi connectivity index (χ2v) is 10.3. The number of nitrogens with one attached hydrogen (secondary N) is 1. The highest BCUT2D eigenvalue weighted by atomic mass is 127. The fraction of sp³-hybridized carbons (Fsp3) is 0.615. The van der Waals surface area contributed by atoms with Crippen molar-refractivity contribution in [3.63, 3.8) is 0 Å². The number of aliphatic hydroxyl groups excluding tert-OH is 2. The predicted octanol–water partition coefficient (Wildman–Crippen LogP) is 3.56. The van der Waals surface area contributed by atoms with E-state index in [1.54, 1.807) is 6.08 Å². The van der Waals surface area contributed by atoms with E-state index in [2.05, 4.69) is 34.8 Å². The van der Waals surface area contributed by atoms with Gasteiger partial charge in [-0.1, -0.05) is 44.7 Å². The molecule has 0 heterocycles. The van der Waals surface area contributed by atoms with E-state index in [1.165, 1.54) is 0 Å². The fourth-order valence-electron chi connectivity index (χ4n) is 4.91. The molecule has 0 saturated heterocycles. The van der Waals surface area contributed by atoms with E-state index in [4.69, 9.17) is 9.84 Å². The molecule has 34 heavy (non-hydrogen) atoms. The second kappa shape index (κ2) is 13.4. The van der Waals surface area contributed by atoms with Gasteiger partial charge < -0.3 is 25.2 Å². The number of ether oxygens (including phenoxy) is 1. The lowest BCUT2D eigenvalue weighted by Gasteiger charge is -2.45. The van der Waals surface area contributed by atoms with Gasteiger partial charge in [0.2, 0.25) is 11.8 Å². The standard InChI is InChI=1S/C26H37IN2O5/c1-2-3-13-24(31)29(19-9-5-4-6-10-19)21-16-18(26(33)28-14-15-30)17-23(25(21)32)34-22-12-8-7-11-20(22)27/h7-8,11-12,17,19,21,23,25,30,32H,2-6,9-10,13-16H2,1H3,(H,28,33). The van der Waals surface area contributed by atoms with Crippen molar-refractivity contribution < 1.29 is 24.5 Å². The van der Waals surface area contributed by atoms with E-state index in [9.17, 15) is 14.7 Å². The van der Waals surface area contributed by atoms with E-state index in [-0.39, 0.29) is 37.4 Å². The monoisotopic (exact) mass is 584 g/mol. The zero-order valence-electron chi connectivity index (χ0n) is 19.9. The summed E-state index contributed by atoms with van der Waals surface area (Å²) in [5.74, 6) is 0.371. The molecule has 2 amide bonds. The molecule has 1 fully saturated rings. The van der Waals surface area contributed by atoms with E-state index in [0.29, 0.717) is 17.7 Å². The van der Waals surface area contributed by atoms with Gasteiger partial charge in [-0.15, -0.1) is 0 Å². The van der Waals surface area contributed by atoms with Crippen molar-refractivity contribution in [3.05, 3.63) is 39.5 Å². The summed E-state index contributed by atoms with van der Waals surface area (Å²) in [6.45, 7) is 2.05. The van der Waals surface area contributed by atoms with Crippen LogP contribution < -0.4 is 10.1 Å². The Morgan fingerprint density at radius 2 is 1.94 bits per heavy atom. The highest BCUT2D eigenvalue weighted by Crippen LogP contribution is 2.34.